The van der Waals surface area contributed by atoms with Crippen LogP contribution in [0, 0.1) is 0 Å². The molecule has 1 N–H and O–H groups in total. The Kier molecular flexibility index (Phi) is 6.46. The van der Waals surface area contributed by atoms with E-state index in [0.717, 1.165) is 20.3 Å². The van der Waals surface area contributed by atoms with Crippen molar-refractivity contribution in [2.75, 3.05) is 30.4 Å². The highest BCUT2D eigenvalue weighted by atomic mass is 32.2. The molecule has 3 rings (SSSR count). The van der Waals surface area contributed by atoms with E-state index in [9.17, 15) is 8.42 Å². The Labute approximate surface area is 167 Å². The van der Waals surface area contributed by atoms with Crippen LogP contribution in [0.1, 0.15) is 6.42 Å². The van der Waals surface area contributed by atoms with Crippen molar-refractivity contribution in [3.63, 3.8) is 0 Å². The quantitative estimate of drug-likeness (QED) is 0.409. The molecule has 0 aliphatic carbocycles. The van der Waals surface area contributed by atoms with Crippen molar-refractivity contribution in [2.45, 2.75) is 10.8 Å². The van der Waals surface area contributed by atoms with Gasteiger partial charge in [-0.2, -0.15) is 0 Å². The van der Waals surface area contributed by atoms with Crippen LogP contribution < -0.4 is 14.2 Å². The summed E-state index contributed by atoms with van der Waals surface area (Å²) >= 11 is 3.15. The second-order valence-corrected chi connectivity index (χ2v) is 9.85. The Morgan fingerprint density at radius 3 is 2.74 bits per heavy atom. The van der Waals surface area contributed by atoms with Crippen molar-refractivity contribution in [1.82, 2.24) is 4.98 Å². The number of methoxy groups -OCH3 is 2. The maximum Gasteiger partial charge on any atom is 0.232 e. The molecule has 9 heteroatoms. The molecule has 2 aromatic carbocycles. The van der Waals surface area contributed by atoms with E-state index in [1.54, 1.807) is 54.5 Å². The Morgan fingerprint density at radius 2 is 1.96 bits per heavy atom. The zero-order chi connectivity index (χ0) is 19.3. The normalized spacial score (nSPS) is 11.5. The van der Waals surface area contributed by atoms with Gasteiger partial charge in [0.25, 0.3) is 0 Å². The summed E-state index contributed by atoms with van der Waals surface area (Å²) in [7, 11) is -0.285. The minimum Gasteiger partial charge on any atom is -0.497 e. The van der Waals surface area contributed by atoms with E-state index in [4.69, 9.17) is 9.47 Å². The van der Waals surface area contributed by atoms with Gasteiger partial charge in [0.15, 0.2) is 4.34 Å². The van der Waals surface area contributed by atoms with Gasteiger partial charge in [-0.3, -0.25) is 4.72 Å². The molecule has 0 saturated heterocycles. The Morgan fingerprint density at radius 1 is 1.15 bits per heavy atom. The number of aromatic nitrogens is 1. The zero-order valence-corrected chi connectivity index (χ0v) is 17.4. The second-order valence-electron chi connectivity index (χ2n) is 5.64. The van der Waals surface area contributed by atoms with Crippen LogP contribution in [0.5, 0.6) is 11.5 Å². The summed E-state index contributed by atoms with van der Waals surface area (Å²) in [5, 5.41) is 0. The number of hydrogen-bond acceptors (Lipinski definition) is 7. The highest BCUT2D eigenvalue weighted by Crippen LogP contribution is 2.32. The first-order chi connectivity index (χ1) is 13.0. The molecule has 0 aliphatic heterocycles. The predicted molar refractivity (Wildman–Crippen MR) is 112 cm³/mol. The van der Waals surface area contributed by atoms with Gasteiger partial charge in [0.05, 0.1) is 35.9 Å². The first kappa shape index (κ1) is 19.8. The number of para-hydroxylation sites is 2. The number of nitrogens with zero attached hydrogens (tertiary/aromatic N) is 1. The summed E-state index contributed by atoms with van der Waals surface area (Å²) in [5.41, 5.74) is 1.38. The van der Waals surface area contributed by atoms with Crippen LogP contribution in [0.4, 0.5) is 5.69 Å². The highest BCUT2D eigenvalue weighted by molar-refractivity contribution is 8.01. The molecule has 6 nitrogen and oxygen atoms in total. The Balaban J connectivity index is 1.53. The summed E-state index contributed by atoms with van der Waals surface area (Å²) in [4.78, 5) is 4.56. The lowest BCUT2D eigenvalue weighted by atomic mass is 10.3. The molecule has 0 aliphatic rings. The number of anilines is 1. The van der Waals surface area contributed by atoms with Gasteiger partial charge in [-0.15, -0.1) is 11.3 Å². The van der Waals surface area contributed by atoms with Crippen molar-refractivity contribution in [2.24, 2.45) is 0 Å². The van der Waals surface area contributed by atoms with Crippen LogP contribution in [0.15, 0.2) is 46.8 Å². The van der Waals surface area contributed by atoms with Crippen molar-refractivity contribution in [1.29, 1.82) is 0 Å². The molecule has 0 fully saturated rings. The Bertz CT molecular complexity index is 1020. The van der Waals surface area contributed by atoms with Gasteiger partial charge in [-0.1, -0.05) is 23.9 Å². The van der Waals surface area contributed by atoms with E-state index in [2.05, 4.69) is 9.71 Å². The van der Waals surface area contributed by atoms with E-state index in [-0.39, 0.29) is 5.75 Å². The maximum absolute atomic E-state index is 12.3. The predicted octanol–water partition coefficient (Wildman–Crippen LogP) is 4.24. The van der Waals surface area contributed by atoms with Crippen molar-refractivity contribution < 1.29 is 17.9 Å². The van der Waals surface area contributed by atoms with Gasteiger partial charge in [-0.25, -0.2) is 13.4 Å². The number of fused-ring (bicyclic) bond motifs is 1. The van der Waals surface area contributed by atoms with Gasteiger partial charge >= 0.3 is 0 Å². The van der Waals surface area contributed by atoms with Crippen LogP contribution in [0.3, 0.4) is 0 Å². The molecule has 0 bridgehead atoms. The third kappa shape index (κ3) is 5.27. The van der Waals surface area contributed by atoms with E-state index >= 15 is 0 Å². The smallest absolute Gasteiger partial charge is 0.232 e. The molecule has 1 aromatic heterocycles. The first-order valence-electron chi connectivity index (χ1n) is 8.21. The zero-order valence-electron chi connectivity index (χ0n) is 15.0. The number of ether oxygens (including phenoxy) is 2. The molecule has 27 heavy (non-hydrogen) atoms. The van der Waals surface area contributed by atoms with E-state index in [0.29, 0.717) is 23.6 Å². The number of nitrogens with one attached hydrogen (secondary N) is 1. The number of benzene rings is 2. The summed E-state index contributed by atoms with van der Waals surface area (Å²) in [5.74, 6) is 2.01. The number of hydrogen-bond donors (Lipinski definition) is 1. The topological polar surface area (TPSA) is 77.5 Å². The summed E-state index contributed by atoms with van der Waals surface area (Å²) in [6.07, 6.45) is 0.522. The minimum absolute atomic E-state index is 0.0385. The lowest BCUT2D eigenvalue weighted by Gasteiger charge is -2.11. The van der Waals surface area contributed by atoms with Gasteiger partial charge in [-0.05, 0) is 36.8 Å². The molecular weight excluding hydrogens is 404 g/mol. The van der Waals surface area contributed by atoms with E-state index < -0.39 is 10.0 Å². The Hall–Kier alpha value is -1.97. The lowest BCUT2D eigenvalue weighted by molar-refractivity contribution is 0.415. The number of thioether (sulfide) groups is 1. The van der Waals surface area contributed by atoms with Gasteiger partial charge in [0.2, 0.25) is 10.0 Å². The molecule has 0 amide bonds. The fourth-order valence-corrected chi connectivity index (χ4v) is 5.85. The summed E-state index contributed by atoms with van der Waals surface area (Å²) < 4.78 is 39.5. The van der Waals surface area contributed by atoms with Gasteiger partial charge in [0, 0.05) is 5.75 Å². The first-order valence-corrected chi connectivity index (χ1v) is 11.7. The molecule has 0 spiro atoms. The second kappa shape index (κ2) is 8.81. The minimum atomic E-state index is -3.43. The molecule has 144 valence electrons. The van der Waals surface area contributed by atoms with Crippen molar-refractivity contribution >= 4 is 49.0 Å². The number of sulfonamides is 1. The average molecular weight is 425 g/mol. The molecule has 3 aromatic rings. The van der Waals surface area contributed by atoms with Gasteiger partial charge in [0.1, 0.15) is 11.5 Å². The SMILES string of the molecule is COc1ccc2nc(SCCCS(=O)(=O)Nc3ccccc3OC)sc2c1. The van der Waals surface area contributed by atoms with Crippen LogP contribution in [0.2, 0.25) is 0 Å². The van der Waals surface area contributed by atoms with Crippen LogP contribution in [-0.4, -0.2) is 39.1 Å². The summed E-state index contributed by atoms with van der Waals surface area (Å²) in [6.45, 7) is 0. The average Bonchev–Trinajstić information content (AvgIpc) is 3.07. The molecule has 0 atom stereocenters. The number of rotatable bonds is 9. The molecule has 1 heterocycles. The molecular formula is C18H20N2O4S3. The van der Waals surface area contributed by atoms with E-state index in [1.807, 2.05) is 18.2 Å². The fraction of sp³-hybridized carbons (Fsp3) is 0.278. The fourth-order valence-electron chi connectivity index (χ4n) is 2.43. The summed E-state index contributed by atoms with van der Waals surface area (Å²) in [6, 6.07) is 12.7. The van der Waals surface area contributed by atoms with Crippen LogP contribution in [0.25, 0.3) is 10.2 Å². The number of thiazole rings is 1. The van der Waals surface area contributed by atoms with Gasteiger partial charge < -0.3 is 9.47 Å². The maximum atomic E-state index is 12.3. The van der Waals surface area contributed by atoms with Crippen LogP contribution >= 0.6 is 23.1 Å². The lowest BCUT2D eigenvalue weighted by Crippen LogP contribution is -2.17. The van der Waals surface area contributed by atoms with Crippen molar-refractivity contribution in [3.05, 3.63) is 42.5 Å². The van der Waals surface area contributed by atoms with E-state index in [1.165, 1.54) is 7.11 Å². The standard InChI is InChI=1S/C18H20N2O4S3/c1-23-13-8-9-15-17(12-13)26-18(19-15)25-10-5-11-27(21,22)20-14-6-3-4-7-16(14)24-2/h3-4,6-9,12,20H,5,10-11H2,1-2H3. The van der Waals surface area contributed by atoms with Crippen LogP contribution in [-0.2, 0) is 10.0 Å². The monoisotopic (exact) mass is 424 g/mol. The van der Waals surface area contributed by atoms with Crippen molar-refractivity contribution in [3.8, 4) is 11.5 Å². The third-order valence-electron chi connectivity index (χ3n) is 3.73. The molecule has 0 saturated carbocycles. The largest absolute Gasteiger partial charge is 0.497 e. The molecule has 0 radical (unpaired) electrons. The third-order valence-corrected chi connectivity index (χ3v) is 7.34. The highest BCUT2D eigenvalue weighted by Gasteiger charge is 2.13. The molecule has 0 unspecified atom stereocenters.